The molecule has 0 saturated heterocycles. The van der Waals surface area contributed by atoms with E-state index in [1.807, 2.05) is 6.07 Å². The number of aryl methyl sites for hydroxylation is 2. The smallest absolute Gasteiger partial charge is 0.267 e. The summed E-state index contributed by atoms with van der Waals surface area (Å²) in [7, 11) is 0. The van der Waals surface area contributed by atoms with E-state index in [-0.39, 0.29) is 5.91 Å². The maximum absolute atomic E-state index is 12.5. The zero-order chi connectivity index (χ0) is 16.4. The van der Waals surface area contributed by atoms with Crippen LogP contribution in [0.25, 0.3) is 10.2 Å². The first-order chi connectivity index (χ1) is 11.1. The number of aromatic nitrogens is 1. The zero-order valence-corrected chi connectivity index (χ0v) is 14.7. The molecular formula is C19H22N2OS. The first-order valence-electron chi connectivity index (χ1n) is 8.02. The number of benzene rings is 1. The van der Waals surface area contributed by atoms with Gasteiger partial charge in [-0.2, -0.15) is 0 Å². The molecule has 2 aromatic heterocycles. The number of thiophene rings is 1. The Morgan fingerprint density at radius 1 is 1.22 bits per heavy atom. The maximum atomic E-state index is 12.5. The molecule has 0 radical (unpaired) electrons. The molecule has 23 heavy (non-hydrogen) atoms. The van der Waals surface area contributed by atoms with E-state index in [0.717, 1.165) is 24.2 Å². The lowest BCUT2D eigenvalue weighted by Crippen LogP contribution is -2.26. The minimum absolute atomic E-state index is 0.0144. The van der Waals surface area contributed by atoms with Crippen molar-refractivity contribution in [3.05, 3.63) is 58.1 Å². The van der Waals surface area contributed by atoms with E-state index in [2.05, 4.69) is 61.0 Å². The highest BCUT2D eigenvalue weighted by atomic mass is 32.1. The molecule has 3 rings (SSSR count). The predicted molar refractivity (Wildman–Crippen MR) is 97.5 cm³/mol. The Bertz CT molecular complexity index is 844. The molecule has 1 aromatic carbocycles. The predicted octanol–water partition coefficient (Wildman–Crippen LogP) is 4.51. The Balaban J connectivity index is 2.02. The number of nitrogens with zero attached hydrogens (tertiary/aromatic N) is 1. The van der Waals surface area contributed by atoms with Crippen LogP contribution >= 0.6 is 11.3 Å². The van der Waals surface area contributed by atoms with Crippen molar-refractivity contribution in [2.45, 2.75) is 33.7 Å². The van der Waals surface area contributed by atoms with E-state index in [4.69, 9.17) is 0 Å². The molecular weight excluding hydrogens is 304 g/mol. The van der Waals surface area contributed by atoms with Gasteiger partial charge in [0.05, 0.1) is 10.2 Å². The van der Waals surface area contributed by atoms with Gasteiger partial charge in [-0.1, -0.05) is 36.8 Å². The second-order valence-electron chi connectivity index (χ2n) is 5.97. The van der Waals surface area contributed by atoms with Crippen LogP contribution in [0, 0.1) is 13.8 Å². The Labute approximate surface area is 140 Å². The number of rotatable bonds is 5. The van der Waals surface area contributed by atoms with Crippen molar-refractivity contribution in [3.8, 4) is 0 Å². The molecule has 4 heteroatoms. The maximum Gasteiger partial charge on any atom is 0.267 e. The Morgan fingerprint density at radius 3 is 2.78 bits per heavy atom. The van der Waals surface area contributed by atoms with Gasteiger partial charge < -0.3 is 9.88 Å². The average molecular weight is 326 g/mol. The summed E-state index contributed by atoms with van der Waals surface area (Å²) in [6.07, 6.45) is 0.942. The minimum Gasteiger partial charge on any atom is -0.351 e. The van der Waals surface area contributed by atoms with E-state index in [9.17, 15) is 4.79 Å². The number of nitrogens with one attached hydrogen (secondary N) is 1. The Hall–Kier alpha value is -2.07. The SMILES string of the molecule is CCCNC(=O)c1cc2sc(C)cc2n1Cc1cccc(C)c1. The van der Waals surface area contributed by atoms with Crippen LogP contribution in [0.3, 0.4) is 0 Å². The van der Waals surface area contributed by atoms with Gasteiger partial charge in [0, 0.05) is 18.0 Å². The molecule has 120 valence electrons. The van der Waals surface area contributed by atoms with E-state index >= 15 is 0 Å². The summed E-state index contributed by atoms with van der Waals surface area (Å²) < 4.78 is 3.32. The Morgan fingerprint density at radius 2 is 2.04 bits per heavy atom. The third-order valence-corrected chi connectivity index (χ3v) is 4.89. The van der Waals surface area contributed by atoms with Crippen molar-refractivity contribution in [1.82, 2.24) is 9.88 Å². The van der Waals surface area contributed by atoms with Crippen molar-refractivity contribution in [2.24, 2.45) is 0 Å². The van der Waals surface area contributed by atoms with Gasteiger partial charge in [0.1, 0.15) is 5.69 Å². The second kappa shape index (κ2) is 6.59. The number of fused-ring (bicyclic) bond motifs is 1. The van der Waals surface area contributed by atoms with Crippen molar-refractivity contribution in [2.75, 3.05) is 6.54 Å². The summed E-state index contributed by atoms with van der Waals surface area (Å²) in [4.78, 5) is 13.8. The van der Waals surface area contributed by atoms with E-state index in [1.54, 1.807) is 11.3 Å². The van der Waals surface area contributed by atoms with E-state index < -0.39 is 0 Å². The topological polar surface area (TPSA) is 34.0 Å². The van der Waals surface area contributed by atoms with E-state index in [0.29, 0.717) is 6.54 Å². The van der Waals surface area contributed by atoms with Crippen LogP contribution in [0.2, 0.25) is 0 Å². The second-order valence-corrected chi connectivity index (χ2v) is 7.26. The molecule has 0 aliphatic rings. The summed E-state index contributed by atoms with van der Waals surface area (Å²) in [5.41, 5.74) is 4.36. The van der Waals surface area contributed by atoms with Crippen LogP contribution < -0.4 is 5.32 Å². The number of carbonyl (C=O) groups is 1. The van der Waals surface area contributed by atoms with Crippen LogP contribution in [0.5, 0.6) is 0 Å². The molecule has 0 saturated carbocycles. The number of amides is 1. The lowest BCUT2D eigenvalue weighted by molar-refractivity contribution is 0.0945. The molecule has 3 aromatic rings. The normalized spacial score (nSPS) is 11.1. The molecule has 0 atom stereocenters. The van der Waals surface area contributed by atoms with Crippen molar-refractivity contribution >= 4 is 27.5 Å². The van der Waals surface area contributed by atoms with Gasteiger partial charge >= 0.3 is 0 Å². The quantitative estimate of drug-likeness (QED) is 0.735. The first kappa shape index (κ1) is 15.8. The third-order valence-electron chi connectivity index (χ3n) is 3.90. The van der Waals surface area contributed by atoms with Crippen molar-refractivity contribution in [3.63, 3.8) is 0 Å². The van der Waals surface area contributed by atoms with Crippen LogP contribution in [0.15, 0.2) is 36.4 Å². The van der Waals surface area contributed by atoms with Crippen LogP contribution in [-0.4, -0.2) is 17.0 Å². The number of carbonyl (C=O) groups excluding carboxylic acids is 1. The minimum atomic E-state index is 0.0144. The lowest BCUT2D eigenvalue weighted by Gasteiger charge is -2.11. The molecule has 0 aliphatic carbocycles. The van der Waals surface area contributed by atoms with E-state index in [1.165, 1.54) is 20.7 Å². The summed E-state index contributed by atoms with van der Waals surface area (Å²) in [5, 5.41) is 3.00. The molecule has 0 unspecified atom stereocenters. The van der Waals surface area contributed by atoms with Crippen LogP contribution in [0.1, 0.15) is 39.8 Å². The fourth-order valence-electron chi connectivity index (χ4n) is 2.85. The molecule has 0 aliphatic heterocycles. The highest BCUT2D eigenvalue weighted by Crippen LogP contribution is 2.29. The van der Waals surface area contributed by atoms with Crippen molar-refractivity contribution in [1.29, 1.82) is 0 Å². The fourth-order valence-corrected chi connectivity index (χ4v) is 3.81. The molecule has 1 N–H and O–H groups in total. The van der Waals surface area contributed by atoms with Gasteiger partial charge in [0.2, 0.25) is 0 Å². The van der Waals surface area contributed by atoms with Gasteiger partial charge in [0.25, 0.3) is 5.91 Å². The summed E-state index contributed by atoms with van der Waals surface area (Å²) in [5.74, 6) is 0.0144. The third kappa shape index (κ3) is 3.32. The molecule has 3 nitrogen and oxygen atoms in total. The highest BCUT2D eigenvalue weighted by Gasteiger charge is 2.17. The number of hydrogen-bond acceptors (Lipinski definition) is 2. The Kier molecular flexibility index (Phi) is 4.53. The summed E-state index contributed by atoms with van der Waals surface area (Å²) in [6.45, 7) is 7.70. The fraction of sp³-hybridized carbons (Fsp3) is 0.316. The molecule has 0 fully saturated rings. The molecule has 1 amide bonds. The largest absolute Gasteiger partial charge is 0.351 e. The van der Waals surface area contributed by atoms with Gasteiger partial charge in [-0.15, -0.1) is 11.3 Å². The summed E-state index contributed by atoms with van der Waals surface area (Å²) >= 11 is 1.74. The molecule has 2 heterocycles. The van der Waals surface area contributed by atoms with Crippen molar-refractivity contribution < 1.29 is 4.79 Å². The van der Waals surface area contributed by atoms with Gasteiger partial charge in [-0.25, -0.2) is 0 Å². The zero-order valence-electron chi connectivity index (χ0n) is 13.8. The lowest BCUT2D eigenvalue weighted by atomic mass is 10.1. The average Bonchev–Trinajstić information content (AvgIpc) is 3.02. The van der Waals surface area contributed by atoms with Gasteiger partial charge in [0.15, 0.2) is 0 Å². The van der Waals surface area contributed by atoms with Gasteiger partial charge in [-0.3, -0.25) is 4.79 Å². The van der Waals surface area contributed by atoms with Crippen LogP contribution in [-0.2, 0) is 6.54 Å². The molecule has 0 bridgehead atoms. The standard InChI is InChI=1S/C19H22N2OS/c1-4-8-20-19(22)17-11-18-16(10-14(3)23-18)21(17)12-15-7-5-6-13(2)9-15/h5-7,9-11H,4,8,12H2,1-3H3,(H,20,22). The highest BCUT2D eigenvalue weighted by molar-refractivity contribution is 7.19. The van der Waals surface area contributed by atoms with Crippen LogP contribution in [0.4, 0.5) is 0 Å². The monoisotopic (exact) mass is 326 g/mol. The van der Waals surface area contributed by atoms with Gasteiger partial charge in [-0.05, 0) is 38.0 Å². The first-order valence-corrected chi connectivity index (χ1v) is 8.83. The number of hydrogen-bond donors (Lipinski definition) is 1. The summed E-state index contributed by atoms with van der Waals surface area (Å²) in [6, 6.07) is 12.7. The molecule has 0 spiro atoms.